The summed E-state index contributed by atoms with van der Waals surface area (Å²) in [5.74, 6) is -0.554. The smallest absolute Gasteiger partial charge is 0.304 e. The quantitative estimate of drug-likeness (QED) is 0.274. The molecule has 8 heteroatoms. The molecule has 1 aliphatic carbocycles. The summed E-state index contributed by atoms with van der Waals surface area (Å²) < 4.78 is 47.8. The van der Waals surface area contributed by atoms with Crippen LogP contribution in [0, 0.1) is 18.6 Å². The molecule has 0 bridgehead atoms. The number of benzene rings is 3. The van der Waals surface area contributed by atoms with Gasteiger partial charge in [-0.2, -0.15) is 0 Å². The SMILES string of the molecule is Cc1cccc(-c2ccc(Oc3ccc(F)c4c3CC[C@H]4Oc3ccc4c(c3)OC[C@H]4CC(=O)O)c(F)c2)n1. The number of aromatic nitrogens is 1. The number of hydrogen-bond donors (Lipinski definition) is 1. The summed E-state index contributed by atoms with van der Waals surface area (Å²) in [7, 11) is 0. The minimum Gasteiger partial charge on any atom is -0.492 e. The van der Waals surface area contributed by atoms with Gasteiger partial charge in [0.15, 0.2) is 11.6 Å². The predicted octanol–water partition coefficient (Wildman–Crippen LogP) is 7.14. The van der Waals surface area contributed by atoms with Crippen LogP contribution < -0.4 is 14.2 Å². The van der Waals surface area contributed by atoms with E-state index in [2.05, 4.69) is 4.98 Å². The molecule has 6 rings (SSSR count). The van der Waals surface area contributed by atoms with Crippen molar-refractivity contribution in [2.75, 3.05) is 6.61 Å². The van der Waals surface area contributed by atoms with Crippen LogP contribution in [0.5, 0.6) is 23.0 Å². The van der Waals surface area contributed by atoms with E-state index >= 15 is 8.78 Å². The van der Waals surface area contributed by atoms with E-state index in [9.17, 15) is 4.79 Å². The summed E-state index contributed by atoms with van der Waals surface area (Å²) in [6.45, 7) is 2.17. The van der Waals surface area contributed by atoms with Gasteiger partial charge in [-0.1, -0.05) is 12.1 Å². The van der Waals surface area contributed by atoms with Gasteiger partial charge in [-0.05, 0) is 68.3 Å². The monoisotopic (exact) mass is 529 g/mol. The fourth-order valence-electron chi connectivity index (χ4n) is 5.29. The maximum absolute atomic E-state index is 15.0. The van der Waals surface area contributed by atoms with E-state index in [1.807, 2.05) is 25.1 Å². The van der Waals surface area contributed by atoms with E-state index in [1.54, 1.807) is 30.3 Å². The molecule has 1 N–H and O–H groups in total. The zero-order valence-corrected chi connectivity index (χ0v) is 21.1. The Kier molecular flexibility index (Phi) is 6.38. The number of pyridine rings is 1. The summed E-state index contributed by atoms with van der Waals surface area (Å²) in [4.78, 5) is 15.5. The third kappa shape index (κ3) is 4.90. The van der Waals surface area contributed by atoms with E-state index in [1.165, 1.54) is 18.2 Å². The Balaban J connectivity index is 1.22. The van der Waals surface area contributed by atoms with E-state index < -0.39 is 23.7 Å². The highest BCUT2D eigenvalue weighted by atomic mass is 19.1. The van der Waals surface area contributed by atoms with Crippen molar-refractivity contribution < 1.29 is 32.9 Å². The molecule has 6 nitrogen and oxygen atoms in total. The molecule has 0 fully saturated rings. The second-order valence-corrected chi connectivity index (χ2v) is 9.80. The molecule has 1 aliphatic heterocycles. The first-order valence-corrected chi connectivity index (χ1v) is 12.7. The molecule has 2 aliphatic rings. The van der Waals surface area contributed by atoms with Crippen LogP contribution in [0.25, 0.3) is 11.3 Å². The number of ether oxygens (including phenoxy) is 3. The number of hydrogen-bond acceptors (Lipinski definition) is 5. The first kappa shape index (κ1) is 24.9. The van der Waals surface area contributed by atoms with Crippen molar-refractivity contribution >= 4 is 5.97 Å². The van der Waals surface area contributed by atoms with Gasteiger partial charge < -0.3 is 19.3 Å². The number of halogens is 2. The highest BCUT2D eigenvalue weighted by Gasteiger charge is 2.32. The molecule has 0 amide bonds. The number of rotatable bonds is 7. The minimum atomic E-state index is -0.882. The van der Waals surface area contributed by atoms with Crippen molar-refractivity contribution in [1.29, 1.82) is 0 Å². The normalized spacial score (nSPS) is 17.3. The maximum Gasteiger partial charge on any atom is 0.304 e. The molecule has 39 heavy (non-hydrogen) atoms. The van der Waals surface area contributed by atoms with E-state index in [0.717, 1.165) is 11.3 Å². The second-order valence-electron chi connectivity index (χ2n) is 9.80. The average Bonchev–Trinajstić information content (AvgIpc) is 3.51. The Morgan fingerprint density at radius 2 is 1.90 bits per heavy atom. The molecule has 0 unspecified atom stereocenters. The summed E-state index contributed by atoms with van der Waals surface area (Å²) in [5, 5.41) is 9.11. The van der Waals surface area contributed by atoms with Crippen molar-refractivity contribution in [3.63, 3.8) is 0 Å². The molecule has 0 saturated carbocycles. The lowest BCUT2D eigenvalue weighted by Gasteiger charge is -2.17. The molecule has 2 heterocycles. The summed E-state index contributed by atoms with van der Waals surface area (Å²) in [6.07, 6.45) is 0.454. The Hall–Kier alpha value is -4.46. The van der Waals surface area contributed by atoms with Gasteiger partial charge in [0, 0.05) is 39.9 Å². The van der Waals surface area contributed by atoms with Crippen molar-refractivity contribution in [2.24, 2.45) is 0 Å². The van der Waals surface area contributed by atoms with Crippen LogP contribution in [0.3, 0.4) is 0 Å². The van der Waals surface area contributed by atoms with Gasteiger partial charge in [-0.3, -0.25) is 9.78 Å². The first-order valence-electron chi connectivity index (χ1n) is 12.7. The lowest BCUT2D eigenvalue weighted by atomic mass is 9.98. The molecular formula is C31H25F2NO5. The third-order valence-electron chi connectivity index (χ3n) is 7.14. The van der Waals surface area contributed by atoms with Crippen LogP contribution in [-0.2, 0) is 11.2 Å². The predicted molar refractivity (Wildman–Crippen MR) is 139 cm³/mol. The molecule has 2 atom stereocenters. The van der Waals surface area contributed by atoms with Gasteiger partial charge in [-0.25, -0.2) is 8.78 Å². The fourth-order valence-corrected chi connectivity index (χ4v) is 5.29. The van der Waals surface area contributed by atoms with Gasteiger partial charge in [0.2, 0.25) is 0 Å². The lowest BCUT2D eigenvalue weighted by molar-refractivity contribution is -0.137. The Bertz CT molecular complexity index is 1590. The van der Waals surface area contributed by atoms with E-state index in [-0.39, 0.29) is 18.1 Å². The average molecular weight is 530 g/mol. The number of nitrogens with zero attached hydrogens (tertiary/aromatic N) is 1. The zero-order valence-electron chi connectivity index (χ0n) is 21.1. The van der Waals surface area contributed by atoms with Crippen molar-refractivity contribution in [1.82, 2.24) is 4.98 Å². The van der Waals surface area contributed by atoms with Gasteiger partial charge in [-0.15, -0.1) is 0 Å². The molecule has 4 aromatic rings. The number of aliphatic carboxylic acids is 1. The third-order valence-corrected chi connectivity index (χ3v) is 7.14. The largest absolute Gasteiger partial charge is 0.492 e. The van der Waals surface area contributed by atoms with Gasteiger partial charge in [0.05, 0.1) is 18.7 Å². The Labute approximate surface area is 223 Å². The van der Waals surface area contributed by atoms with Crippen molar-refractivity contribution in [3.05, 3.63) is 101 Å². The molecule has 0 radical (unpaired) electrons. The van der Waals surface area contributed by atoms with Crippen LogP contribution in [0.1, 0.15) is 47.2 Å². The maximum atomic E-state index is 15.0. The topological polar surface area (TPSA) is 77.9 Å². The molecular weight excluding hydrogens is 504 g/mol. The Morgan fingerprint density at radius 3 is 2.69 bits per heavy atom. The van der Waals surface area contributed by atoms with Crippen LogP contribution in [0.4, 0.5) is 8.78 Å². The lowest BCUT2D eigenvalue weighted by Crippen LogP contribution is -2.07. The highest BCUT2D eigenvalue weighted by molar-refractivity contribution is 5.69. The van der Waals surface area contributed by atoms with Crippen LogP contribution in [0.2, 0.25) is 0 Å². The van der Waals surface area contributed by atoms with Crippen molar-refractivity contribution in [3.8, 4) is 34.3 Å². The number of carbonyl (C=O) groups is 1. The molecule has 1 aromatic heterocycles. The molecule has 198 valence electrons. The molecule has 0 saturated heterocycles. The Morgan fingerprint density at radius 1 is 1.05 bits per heavy atom. The summed E-state index contributed by atoms with van der Waals surface area (Å²) in [5.41, 5.74) is 3.99. The number of carboxylic acids is 1. The van der Waals surface area contributed by atoms with Gasteiger partial charge >= 0.3 is 5.97 Å². The van der Waals surface area contributed by atoms with E-state index in [0.29, 0.717) is 59.1 Å². The van der Waals surface area contributed by atoms with E-state index in [4.69, 9.17) is 19.3 Å². The first-order chi connectivity index (χ1) is 18.9. The molecule has 0 spiro atoms. The summed E-state index contributed by atoms with van der Waals surface area (Å²) >= 11 is 0. The number of fused-ring (bicyclic) bond motifs is 2. The second kappa shape index (κ2) is 10.0. The highest BCUT2D eigenvalue weighted by Crippen LogP contribution is 2.44. The minimum absolute atomic E-state index is 0.0106. The van der Waals surface area contributed by atoms with Crippen LogP contribution in [0.15, 0.2) is 66.7 Å². The zero-order chi connectivity index (χ0) is 27.1. The van der Waals surface area contributed by atoms with Gasteiger partial charge in [0.25, 0.3) is 0 Å². The standard InChI is InChI=1S/C31H25F2NO5/c1-17-3-2-4-25(34-17)18-5-10-27(24(33)13-18)39-26-12-9-23(32)31-22(26)8-11-28(31)38-20-6-7-21-19(14-30(35)36)16-37-29(21)15-20/h2-7,9-10,12-13,15,19,28H,8,11,14,16H2,1H3,(H,35,36)/t19-,28-/m1/s1. The van der Waals surface area contributed by atoms with Crippen molar-refractivity contribution in [2.45, 2.75) is 38.2 Å². The number of aryl methyl sites for hydroxylation is 1. The van der Waals surface area contributed by atoms with Crippen LogP contribution in [-0.4, -0.2) is 22.7 Å². The number of carboxylic acid groups (broad SMARTS) is 1. The fraction of sp³-hybridized carbons (Fsp3) is 0.226. The summed E-state index contributed by atoms with van der Waals surface area (Å²) in [6, 6.07) is 18.3. The van der Waals surface area contributed by atoms with Crippen LogP contribution >= 0.6 is 0 Å². The molecule has 3 aromatic carbocycles. The van der Waals surface area contributed by atoms with Gasteiger partial charge in [0.1, 0.15) is 29.2 Å².